The zero-order valence-corrected chi connectivity index (χ0v) is 19.9. The van der Waals surface area contributed by atoms with E-state index in [-0.39, 0.29) is 11.3 Å². The lowest BCUT2D eigenvalue weighted by Gasteiger charge is -2.32. The van der Waals surface area contributed by atoms with E-state index in [9.17, 15) is 4.79 Å². The smallest absolute Gasteiger partial charge is 0.248 e. The van der Waals surface area contributed by atoms with Crippen molar-refractivity contribution in [1.29, 1.82) is 0 Å². The third-order valence-corrected chi connectivity index (χ3v) is 5.57. The molecule has 0 atom stereocenters. The highest BCUT2D eigenvalue weighted by Crippen LogP contribution is 2.40. The van der Waals surface area contributed by atoms with Gasteiger partial charge in [0.1, 0.15) is 5.75 Å². The molecular formula is C28H37NO2. The summed E-state index contributed by atoms with van der Waals surface area (Å²) in [6, 6.07) is 7.38. The second kappa shape index (κ2) is 11.5. The summed E-state index contributed by atoms with van der Waals surface area (Å²) < 4.78 is 5.41. The molecule has 0 aromatic heterocycles. The van der Waals surface area contributed by atoms with Crippen molar-refractivity contribution in [2.75, 3.05) is 11.9 Å². The Balaban J connectivity index is 1.93. The molecule has 3 nitrogen and oxygen atoms in total. The topological polar surface area (TPSA) is 38.3 Å². The first kappa shape index (κ1) is 24.5. The van der Waals surface area contributed by atoms with Crippen molar-refractivity contribution in [1.82, 2.24) is 0 Å². The number of allylic oxidation sites excluding steroid dienone is 9. The molecule has 0 fully saturated rings. The predicted molar refractivity (Wildman–Crippen MR) is 132 cm³/mol. The molecule has 1 aliphatic carbocycles. The number of rotatable bonds is 8. The molecule has 31 heavy (non-hydrogen) atoms. The predicted octanol–water partition coefficient (Wildman–Crippen LogP) is 7.56. The van der Waals surface area contributed by atoms with Crippen LogP contribution in [-0.2, 0) is 4.79 Å². The van der Waals surface area contributed by atoms with Crippen molar-refractivity contribution in [2.24, 2.45) is 5.41 Å². The van der Waals surface area contributed by atoms with E-state index < -0.39 is 0 Å². The summed E-state index contributed by atoms with van der Waals surface area (Å²) in [4.78, 5) is 12.2. The Labute approximate surface area is 188 Å². The normalized spacial score (nSPS) is 17.5. The molecule has 1 N–H and O–H groups in total. The summed E-state index contributed by atoms with van der Waals surface area (Å²) in [7, 11) is 0. The van der Waals surface area contributed by atoms with Crippen LogP contribution in [0.25, 0.3) is 0 Å². The van der Waals surface area contributed by atoms with Crippen molar-refractivity contribution < 1.29 is 9.53 Å². The molecule has 0 heterocycles. The highest BCUT2D eigenvalue weighted by Gasteiger charge is 2.26. The monoisotopic (exact) mass is 419 g/mol. The minimum absolute atomic E-state index is 0.145. The van der Waals surface area contributed by atoms with Gasteiger partial charge in [-0.05, 0) is 87.8 Å². The molecule has 0 radical (unpaired) electrons. The van der Waals surface area contributed by atoms with Gasteiger partial charge in [0.05, 0.1) is 6.61 Å². The van der Waals surface area contributed by atoms with Crippen LogP contribution in [0.3, 0.4) is 0 Å². The van der Waals surface area contributed by atoms with Gasteiger partial charge in [0.2, 0.25) is 5.91 Å². The number of carbonyl (C=O) groups is 1. The van der Waals surface area contributed by atoms with Crippen LogP contribution in [0.5, 0.6) is 5.75 Å². The zero-order valence-electron chi connectivity index (χ0n) is 19.9. The number of benzene rings is 1. The lowest BCUT2D eigenvalue weighted by Crippen LogP contribution is -2.19. The Bertz CT molecular complexity index is 909. The average Bonchev–Trinajstić information content (AvgIpc) is 2.68. The molecule has 3 heteroatoms. The number of hydrogen-bond donors (Lipinski definition) is 1. The van der Waals surface area contributed by atoms with Crippen molar-refractivity contribution in [3.05, 3.63) is 83.0 Å². The van der Waals surface area contributed by atoms with E-state index in [4.69, 9.17) is 4.74 Å². The molecular weight excluding hydrogens is 382 g/mol. The van der Waals surface area contributed by atoms with Gasteiger partial charge in [0.25, 0.3) is 0 Å². The minimum Gasteiger partial charge on any atom is -0.494 e. The Hall–Kier alpha value is -2.81. The van der Waals surface area contributed by atoms with Gasteiger partial charge in [-0.25, -0.2) is 0 Å². The molecule has 0 bridgehead atoms. The highest BCUT2D eigenvalue weighted by molar-refractivity contribution is 6.00. The number of anilines is 1. The largest absolute Gasteiger partial charge is 0.494 e. The standard InChI is InChI=1S/C28H37NO2/c1-7-31-25-16-14-24(15-17-25)29-27(30)20-22(3)11-8-10-21(2)13-18-26-23(4)12-9-19-28(26,5)6/h8,10-11,13-18,20H,7,9,12,19H2,1-6H3,(H,29,30). The fourth-order valence-corrected chi connectivity index (χ4v) is 3.87. The maximum Gasteiger partial charge on any atom is 0.248 e. The Kier molecular flexibility index (Phi) is 9.11. The molecule has 0 unspecified atom stereocenters. The Morgan fingerprint density at radius 1 is 1.13 bits per heavy atom. The molecule has 1 aromatic rings. The van der Waals surface area contributed by atoms with Gasteiger partial charge in [-0.2, -0.15) is 0 Å². The van der Waals surface area contributed by atoms with Gasteiger partial charge in [-0.15, -0.1) is 0 Å². The number of carbonyl (C=O) groups excluding carboxylic acids is 1. The lowest BCUT2D eigenvalue weighted by molar-refractivity contribution is -0.111. The second-order valence-electron chi connectivity index (χ2n) is 8.87. The van der Waals surface area contributed by atoms with Crippen LogP contribution < -0.4 is 10.1 Å². The average molecular weight is 420 g/mol. The summed E-state index contributed by atoms with van der Waals surface area (Å²) in [5, 5.41) is 2.87. The maximum absolute atomic E-state index is 12.2. The molecule has 0 saturated heterocycles. The van der Waals surface area contributed by atoms with Gasteiger partial charge >= 0.3 is 0 Å². The summed E-state index contributed by atoms with van der Waals surface area (Å²) in [5.74, 6) is 0.652. The molecule has 2 rings (SSSR count). The van der Waals surface area contributed by atoms with Crippen LogP contribution in [0.2, 0.25) is 0 Å². The second-order valence-corrected chi connectivity index (χ2v) is 8.87. The van der Waals surface area contributed by atoms with E-state index in [1.807, 2.05) is 50.3 Å². The van der Waals surface area contributed by atoms with E-state index in [1.165, 1.54) is 36.0 Å². The summed E-state index contributed by atoms with van der Waals surface area (Å²) in [5.41, 5.74) is 6.06. The van der Waals surface area contributed by atoms with Crippen LogP contribution in [0.1, 0.15) is 60.8 Å². The van der Waals surface area contributed by atoms with Gasteiger partial charge in [0, 0.05) is 11.8 Å². The van der Waals surface area contributed by atoms with Crippen molar-refractivity contribution in [2.45, 2.75) is 60.8 Å². The molecule has 1 amide bonds. The third-order valence-electron chi connectivity index (χ3n) is 5.57. The van der Waals surface area contributed by atoms with Crippen LogP contribution in [0, 0.1) is 5.41 Å². The molecule has 0 aliphatic heterocycles. The minimum atomic E-state index is -0.145. The zero-order chi connectivity index (χ0) is 22.9. The number of nitrogens with one attached hydrogen (secondary N) is 1. The fraction of sp³-hybridized carbons (Fsp3) is 0.393. The first-order valence-electron chi connectivity index (χ1n) is 11.2. The van der Waals surface area contributed by atoms with Gasteiger partial charge in [0.15, 0.2) is 0 Å². The maximum atomic E-state index is 12.2. The van der Waals surface area contributed by atoms with E-state index in [2.05, 4.69) is 51.2 Å². The van der Waals surface area contributed by atoms with Crippen molar-refractivity contribution in [3.63, 3.8) is 0 Å². The number of ether oxygens (including phenoxy) is 1. The Morgan fingerprint density at radius 3 is 2.48 bits per heavy atom. The molecule has 0 spiro atoms. The molecule has 1 aliphatic rings. The van der Waals surface area contributed by atoms with E-state index in [0.29, 0.717) is 6.61 Å². The SMILES string of the molecule is CCOc1ccc(NC(=O)C=C(C)C=CC=C(C)C=CC2=C(C)CCCC2(C)C)cc1. The number of amides is 1. The molecule has 1 aromatic carbocycles. The Morgan fingerprint density at radius 2 is 1.84 bits per heavy atom. The van der Waals surface area contributed by atoms with Crippen LogP contribution in [0.15, 0.2) is 83.0 Å². The van der Waals surface area contributed by atoms with Crippen LogP contribution in [-0.4, -0.2) is 12.5 Å². The van der Waals surface area contributed by atoms with E-state index >= 15 is 0 Å². The third kappa shape index (κ3) is 8.09. The van der Waals surface area contributed by atoms with Crippen molar-refractivity contribution in [3.8, 4) is 5.75 Å². The first-order chi connectivity index (χ1) is 14.7. The van der Waals surface area contributed by atoms with E-state index in [1.54, 1.807) is 6.08 Å². The summed E-state index contributed by atoms with van der Waals surface area (Å²) in [6.45, 7) is 13.5. The van der Waals surface area contributed by atoms with Gasteiger partial charge < -0.3 is 10.1 Å². The lowest BCUT2D eigenvalue weighted by atomic mass is 9.72. The van der Waals surface area contributed by atoms with E-state index in [0.717, 1.165) is 17.0 Å². The highest BCUT2D eigenvalue weighted by atomic mass is 16.5. The molecule has 0 saturated carbocycles. The summed E-state index contributed by atoms with van der Waals surface area (Å²) in [6.07, 6.45) is 15.8. The quantitative estimate of drug-likeness (QED) is 0.349. The van der Waals surface area contributed by atoms with Gasteiger partial charge in [-0.3, -0.25) is 4.79 Å². The fourth-order valence-electron chi connectivity index (χ4n) is 3.87. The van der Waals surface area contributed by atoms with Crippen LogP contribution in [0.4, 0.5) is 5.69 Å². The summed E-state index contributed by atoms with van der Waals surface area (Å²) >= 11 is 0. The number of hydrogen-bond acceptors (Lipinski definition) is 2. The van der Waals surface area contributed by atoms with Crippen LogP contribution >= 0.6 is 0 Å². The van der Waals surface area contributed by atoms with Crippen molar-refractivity contribution >= 4 is 11.6 Å². The first-order valence-corrected chi connectivity index (χ1v) is 11.2. The molecule has 166 valence electrons. The van der Waals surface area contributed by atoms with Gasteiger partial charge in [-0.1, -0.05) is 55.4 Å².